The first kappa shape index (κ1) is 13.4. The summed E-state index contributed by atoms with van der Waals surface area (Å²) in [5.74, 6) is 0. The maximum Gasteiger partial charge on any atom is 0.109 e. The van der Waals surface area contributed by atoms with E-state index in [0.717, 1.165) is 17.7 Å². The van der Waals surface area contributed by atoms with Crippen molar-refractivity contribution in [1.29, 1.82) is 0 Å². The summed E-state index contributed by atoms with van der Waals surface area (Å²) in [5, 5.41) is 15.8. The average molecular weight is 285 g/mol. The maximum atomic E-state index is 10.4. The highest BCUT2D eigenvalue weighted by Gasteiger charge is 2.19. The highest BCUT2D eigenvalue weighted by atomic mass is 35.5. The zero-order valence-electron chi connectivity index (χ0n) is 10.2. The van der Waals surface area contributed by atoms with Crippen molar-refractivity contribution in [3.8, 4) is 0 Å². The molecule has 96 valence electrons. The van der Waals surface area contributed by atoms with E-state index in [0.29, 0.717) is 15.6 Å². The molecule has 0 amide bonds. The third kappa shape index (κ3) is 2.53. The Morgan fingerprint density at radius 3 is 2.72 bits per heavy atom. The second-order valence-electron chi connectivity index (χ2n) is 4.13. The monoisotopic (exact) mass is 284 g/mol. The van der Waals surface area contributed by atoms with Gasteiger partial charge in [0.15, 0.2) is 0 Å². The van der Waals surface area contributed by atoms with Crippen LogP contribution in [-0.4, -0.2) is 14.9 Å². The molecule has 2 aromatic rings. The van der Waals surface area contributed by atoms with E-state index in [9.17, 15) is 5.11 Å². The molecule has 0 spiro atoms. The molecule has 0 aliphatic rings. The Labute approximate surface area is 116 Å². The van der Waals surface area contributed by atoms with Gasteiger partial charge in [-0.25, -0.2) is 0 Å². The van der Waals surface area contributed by atoms with Crippen LogP contribution in [0.25, 0.3) is 0 Å². The fourth-order valence-corrected chi connectivity index (χ4v) is 2.35. The van der Waals surface area contributed by atoms with Crippen molar-refractivity contribution in [1.82, 2.24) is 9.78 Å². The molecule has 3 nitrogen and oxygen atoms in total. The van der Waals surface area contributed by atoms with Gasteiger partial charge in [-0.3, -0.25) is 4.68 Å². The van der Waals surface area contributed by atoms with E-state index in [2.05, 4.69) is 5.10 Å². The topological polar surface area (TPSA) is 38.0 Å². The maximum absolute atomic E-state index is 10.4. The predicted molar refractivity (Wildman–Crippen MR) is 73.1 cm³/mol. The van der Waals surface area contributed by atoms with Gasteiger partial charge in [0.2, 0.25) is 0 Å². The number of aryl methyl sites for hydroxylation is 2. The van der Waals surface area contributed by atoms with Crippen molar-refractivity contribution in [3.63, 3.8) is 0 Å². The lowest BCUT2D eigenvalue weighted by atomic mass is 10.0. The molecule has 1 unspecified atom stereocenters. The first-order chi connectivity index (χ1) is 8.52. The highest BCUT2D eigenvalue weighted by Crippen LogP contribution is 2.31. The number of nitrogens with zero attached hydrogens (tertiary/aromatic N) is 2. The van der Waals surface area contributed by atoms with Gasteiger partial charge in [-0.15, -0.1) is 0 Å². The van der Waals surface area contributed by atoms with Crippen molar-refractivity contribution in [2.75, 3.05) is 0 Å². The molecule has 0 saturated heterocycles. The van der Waals surface area contributed by atoms with Gasteiger partial charge in [0.25, 0.3) is 0 Å². The Hall–Kier alpha value is -1.03. The zero-order chi connectivity index (χ0) is 13.3. The van der Waals surface area contributed by atoms with Crippen molar-refractivity contribution in [3.05, 3.63) is 51.3 Å². The summed E-state index contributed by atoms with van der Waals surface area (Å²) in [4.78, 5) is 0. The summed E-state index contributed by atoms with van der Waals surface area (Å²) in [6.45, 7) is 2.00. The van der Waals surface area contributed by atoms with Crippen molar-refractivity contribution in [2.45, 2.75) is 19.4 Å². The predicted octanol–water partition coefficient (Wildman–Crippen LogP) is 3.37. The molecular formula is C13H14Cl2N2O. The van der Waals surface area contributed by atoms with E-state index in [1.165, 1.54) is 0 Å². The van der Waals surface area contributed by atoms with Gasteiger partial charge in [0, 0.05) is 34.4 Å². The number of aliphatic hydroxyl groups excluding tert-OH is 1. The minimum absolute atomic E-state index is 0.498. The van der Waals surface area contributed by atoms with Crippen LogP contribution < -0.4 is 0 Å². The summed E-state index contributed by atoms with van der Waals surface area (Å²) >= 11 is 12.0. The average Bonchev–Trinajstić information content (AvgIpc) is 2.72. The summed E-state index contributed by atoms with van der Waals surface area (Å²) < 4.78 is 1.69. The Kier molecular flexibility index (Phi) is 3.95. The normalized spacial score (nSPS) is 12.7. The molecule has 2 rings (SSSR count). The van der Waals surface area contributed by atoms with Crippen LogP contribution in [0.1, 0.15) is 29.8 Å². The first-order valence-corrected chi connectivity index (χ1v) is 6.44. The number of rotatable bonds is 3. The van der Waals surface area contributed by atoms with Crippen LogP contribution in [0.15, 0.2) is 24.4 Å². The SMILES string of the molecule is CCc1nn(C)cc1C(O)c1cc(Cl)ccc1Cl. The van der Waals surface area contributed by atoms with Crippen LogP contribution in [0.3, 0.4) is 0 Å². The number of hydrogen-bond acceptors (Lipinski definition) is 2. The molecule has 0 radical (unpaired) electrons. The largest absolute Gasteiger partial charge is 0.383 e. The number of hydrogen-bond donors (Lipinski definition) is 1. The van der Waals surface area contributed by atoms with Crippen LogP contribution in [-0.2, 0) is 13.5 Å². The Balaban J connectivity index is 2.46. The van der Waals surface area contributed by atoms with Gasteiger partial charge in [-0.1, -0.05) is 30.1 Å². The van der Waals surface area contributed by atoms with E-state index >= 15 is 0 Å². The van der Waals surface area contributed by atoms with E-state index in [1.807, 2.05) is 14.0 Å². The van der Waals surface area contributed by atoms with Gasteiger partial charge in [0.1, 0.15) is 6.10 Å². The lowest BCUT2D eigenvalue weighted by Crippen LogP contribution is -2.02. The summed E-state index contributed by atoms with van der Waals surface area (Å²) in [7, 11) is 1.83. The van der Waals surface area contributed by atoms with E-state index in [4.69, 9.17) is 23.2 Å². The van der Waals surface area contributed by atoms with E-state index in [1.54, 1.807) is 29.1 Å². The molecule has 0 fully saturated rings. The number of aliphatic hydroxyl groups is 1. The van der Waals surface area contributed by atoms with E-state index < -0.39 is 6.10 Å². The lowest BCUT2D eigenvalue weighted by Gasteiger charge is -2.12. The second kappa shape index (κ2) is 5.31. The third-order valence-corrected chi connectivity index (χ3v) is 3.40. The van der Waals surface area contributed by atoms with Crippen LogP contribution in [0.4, 0.5) is 0 Å². The van der Waals surface area contributed by atoms with E-state index in [-0.39, 0.29) is 0 Å². The van der Waals surface area contributed by atoms with Gasteiger partial charge in [-0.05, 0) is 24.6 Å². The molecule has 1 aromatic heterocycles. The molecule has 18 heavy (non-hydrogen) atoms. The second-order valence-corrected chi connectivity index (χ2v) is 4.97. The molecule has 1 aromatic carbocycles. The fourth-order valence-electron chi connectivity index (χ4n) is 1.95. The van der Waals surface area contributed by atoms with Crippen molar-refractivity contribution >= 4 is 23.2 Å². The molecule has 1 atom stereocenters. The zero-order valence-corrected chi connectivity index (χ0v) is 11.7. The summed E-state index contributed by atoms with van der Waals surface area (Å²) in [6.07, 6.45) is 1.76. The smallest absolute Gasteiger partial charge is 0.109 e. The molecule has 0 bridgehead atoms. The van der Waals surface area contributed by atoms with Crippen LogP contribution in [0.2, 0.25) is 10.0 Å². The van der Waals surface area contributed by atoms with Crippen LogP contribution in [0, 0.1) is 0 Å². The molecule has 1 N–H and O–H groups in total. The quantitative estimate of drug-likeness (QED) is 0.939. The molecule has 1 heterocycles. The Bertz CT molecular complexity index is 566. The van der Waals surface area contributed by atoms with Crippen LogP contribution in [0.5, 0.6) is 0 Å². The molecule has 0 saturated carbocycles. The molecular weight excluding hydrogens is 271 g/mol. The van der Waals surface area contributed by atoms with Gasteiger partial charge in [-0.2, -0.15) is 5.10 Å². The third-order valence-electron chi connectivity index (χ3n) is 2.82. The van der Waals surface area contributed by atoms with Crippen molar-refractivity contribution in [2.24, 2.45) is 7.05 Å². The number of halogens is 2. The first-order valence-electron chi connectivity index (χ1n) is 5.68. The highest BCUT2D eigenvalue weighted by molar-refractivity contribution is 6.33. The van der Waals surface area contributed by atoms with Gasteiger partial charge >= 0.3 is 0 Å². The van der Waals surface area contributed by atoms with Gasteiger partial charge < -0.3 is 5.11 Å². The van der Waals surface area contributed by atoms with Crippen molar-refractivity contribution < 1.29 is 5.11 Å². The molecule has 0 aliphatic carbocycles. The summed E-state index contributed by atoms with van der Waals surface area (Å²) in [5.41, 5.74) is 2.23. The minimum atomic E-state index is -0.806. The number of benzene rings is 1. The number of aromatic nitrogens is 2. The minimum Gasteiger partial charge on any atom is -0.383 e. The summed E-state index contributed by atoms with van der Waals surface area (Å²) in [6, 6.07) is 5.06. The van der Waals surface area contributed by atoms with Gasteiger partial charge in [0.05, 0.1) is 5.69 Å². The van der Waals surface area contributed by atoms with Crippen LogP contribution >= 0.6 is 23.2 Å². The Morgan fingerprint density at radius 1 is 1.33 bits per heavy atom. The Morgan fingerprint density at radius 2 is 2.06 bits per heavy atom. The molecule has 0 aliphatic heterocycles. The fraction of sp³-hybridized carbons (Fsp3) is 0.308. The lowest BCUT2D eigenvalue weighted by molar-refractivity contribution is 0.219. The molecule has 5 heteroatoms. The standard InChI is InChI=1S/C13H14Cl2N2O/c1-3-12-10(7-17(2)16-12)13(18)9-6-8(14)4-5-11(9)15/h4-7,13,18H,3H2,1-2H3.